The van der Waals surface area contributed by atoms with E-state index in [2.05, 4.69) is 16.2 Å². The Labute approximate surface area is 157 Å². The molecule has 1 aromatic carbocycles. The molecular formula is C21H20N2O2S. The fraction of sp³-hybridized carbons (Fsp3) is 0.238. The minimum absolute atomic E-state index is 0.0341. The van der Waals surface area contributed by atoms with Crippen LogP contribution in [0.3, 0.4) is 0 Å². The standard InChI is InChI=1S/C21H20N2O2S/c1-4-6-9-15(5-2)21(12-13-21)19(24)23-20-22-17(14-26-20)16-10-7-8-11-18(16)25-3/h1,5-11,14H,12-13H2,2-3H3,(H,22,23,24)/b9-6-,15-5+. The summed E-state index contributed by atoms with van der Waals surface area (Å²) < 4.78 is 5.38. The molecule has 0 saturated heterocycles. The van der Waals surface area contributed by atoms with E-state index >= 15 is 0 Å². The first kappa shape index (κ1) is 18.0. The largest absolute Gasteiger partial charge is 0.496 e. The highest BCUT2D eigenvalue weighted by Crippen LogP contribution is 2.53. The van der Waals surface area contributed by atoms with E-state index in [1.54, 1.807) is 13.2 Å². The number of methoxy groups -OCH3 is 1. The molecule has 1 fully saturated rings. The van der Waals surface area contributed by atoms with Gasteiger partial charge in [0.15, 0.2) is 5.13 Å². The second kappa shape index (κ2) is 7.59. The van der Waals surface area contributed by atoms with Crippen LogP contribution < -0.4 is 10.1 Å². The first-order valence-corrected chi connectivity index (χ1v) is 9.22. The summed E-state index contributed by atoms with van der Waals surface area (Å²) in [6.45, 7) is 1.92. The Kier molecular flexibility index (Phi) is 5.24. The van der Waals surface area contributed by atoms with Gasteiger partial charge in [0, 0.05) is 10.9 Å². The average Bonchev–Trinajstić information content (AvgIpc) is 3.35. The van der Waals surface area contributed by atoms with Gasteiger partial charge in [-0.1, -0.05) is 24.1 Å². The second-order valence-corrected chi connectivity index (χ2v) is 6.88. The molecule has 1 heterocycles. The van der Waals surface area contributed by atoms with Crippen LogP contribution >= 0.6 is 11.3 Å². The lowest BCUT2D eigenvalue weighted by molar-refractivity contribution is -0.119. The van der Waals surface area contributed by atoms with Gasteiger partial charge in [0.2, 0.25) is 5.91 Å². The normalized spacial score (nSPS) is 15.5. The van der Waals surface area contributed by atoms with Crippen LogP contribution in [0.2, 0.25) is 0 Å². The average molecular weight is 364 g/mol. The Morgan fingerprint density at radius 3 is 2.85 bits per heavy atom. The lowest BCUT2D eigenvalue weighted by Gasteiger charge is -2.15. The van der Waals surface area contributed by atoms with Crippen LogP contribution in [-0.2, 0) is 4.79 Å². The van der Waals surface area contributed by atoms with Gasteiger partial charge in [0.05, 0.1) is 18.2 Å². The molecule has 0 aliphatic heterocycles. The van der Waals surface area contributed by atoms with Crippen LogP contribution in [0.1, 0.15) is 19.8 Å². The Balaban J connectivity index is 1.78. The van der Waals surface area contributed by atoms with E-state index in [9.17, 15) is 4.79 Å². The number of thiazole rings is 1. The highest BCUT2D eigenvalue weighted by Gasteiger charge is 2.51. The summed E-state index contributed by atoms with van der Waals surface area (Å²) in [7, 11) is 1.63. The van der Waals surface area contributed by atoms with Crippen molar-refractivity contribution in [2.24, 2.45) is 5.41 Å². The molecule has 0 atom stereocenters. The first-order valence-electron chi connectivity index (χ1n) is 8.34. The molecule has 1 aliphatic rings. The molecule has 0 unspecified atom stereocenters. The van der Waals surface area contributed by atoms with Crippen molar-refractivity contribution in [2.45, 2.75) is 19.8 Å². The third kappa shape index (κ3) is 3.42. The number of para-hydroxylation sites is 1. The van der Waals surface area contributed by atoms with Crippen LogP contribution in [0.4, 0.5) is 5.13 Å². The van der Waals surface area contributed by atoms with Gasteiger partial charge < -0.3 is 10.1 Å². The number of nitrogens with zero attached hydrogens (tertiary/aromatic N) is 1. The SMILES string of the molecule is C#C/C=C\C(=C/C)C1(C(=O)Nc2nc(-c3ccccc3OC)cs2)CC1. The van der Waals surface area contributed by atoms with Gasteiger partial charge in [-0.15, -0.1) is 17.8 Å². The molecule has 1 aromatic heterocycles. The second-order valence-electron chi connectivity index (χ2n) is 6.02. The Morgan fingerprint density at radius 1 is 1.42 bits per heavy atom. The van der Waals surface area contributed by atoms with Gasteiger partial charge in [0.25, 0.3) is 0 Å². The fourth-order valence-corrected chi connectivity index (χ4v) is 3.68. The third-order valence-electron chi connectivity index (χ3n) is 4.51. The maximum absolute atomic E-state index is 12.8. The number of terminal acetylenes is 1. The zero-order valence-corrected chi connectivity index (χ0v) is 15.6. The van der Waals surface area contributed by atoms with Gasteiger partial charge in [-0.2, -0.15) is 0 Å². The van der Waals surface area contributed by atoms with E-state index in [1.165, 1.54) is 11.3 Å². The summed E-state index contributed by atoms with van der Waals surface area (Å²) >= 11 is 1.40. The summed E-state index contributed by atoms with van der Waals surface area (Å²) in [5, 5.41) is 5.47. The van der Waals surface area contributed by atoms with Gasteiger partial charge in [0.1, 0.15) is 5.75 Å². The maximum Gasteiger partial charge on any atom is 0.236 e. The van der Waals surface area contributed by atoms with Crippen molar-refractivity contribution in [3.63, 3.8) is 0 Å². The molecule has 1 N–H and O–H groups in total. The van der Waals surface area contributed by atoms with Crippen molar-refractivity contribution < 1.29 is 9.53 Å². The van der Waals surface area contributed by atoms with Gasteiger partial charge in [-0.3, -0.25) is 4.79 Å². The predicted octanol–water partition coefficient (Wildman–Crippen LogP) is 4.67. The van der Waals surface area contributed by atoms with E-state index in [0.29, 0.717) is 5.13 Å². The van der Waals surface area contributed by atoms with E-state index < -0.39 is 5.41 Å². The first-order chi connectivity index (χ1) is 12.6. The van der Waals surface area contributed by atoms with Crippen LogP contribution in [0.15, 0.2) is 53.4 Å². The summed E-state index contributed by atoms with van der Waals surface area (Å²) in [5.41, 5.74) is 2.15. The van der Waals surface area contributed by atoms with E-state index in [1.807, 2.05) is 48.7 Å². The number of carbonyl (C=O) groups is 1. The number of hydrogen-bond donors (Lipinski definition) is 1. The van der Waals surface area contributed by atoms with Crippen molar-refractivity contribution in [3.8, 4) is 29.4 Å². The number of anilines is 1. The van der Waals surface area contributed by atoms with Crippen molar-refractivity contribution in [1.29, 1.82) is 0 Å². The van der Waals surface area contributed by atoms with Gasteiger partial charge in [-0.25, -0.2) is 4.98 Å². The number of ether oxygens (including phenoxy) is 1. The Bertz CT molecular complexity index is 914. The minimum Gasteiger partial charge on any atom is -0.496 e. The number of carbonyl (C=O) groups excluding carboxylic acids is 1. The monoisotopic (exact) mass is 364 g/mol. The zero-order valence-electron chi connectivity index (χ0n) is 14.8. The van der Waals surface area contributed by atoms with Gasteiger partial charge in [-0.05, 0) is 49.6 Å². The smallest absolute Gasteiger partial charge is 0.236 e. The minimum atomic E-state index is -0.488. The fourth-order valence-electron chi connectivity index (χ4n) is 2.97. The Morgan fingerprint density at radius 2 is 2.19 bits per heavy atom. The van der Waals surface area contributed by atoms with Crippen LogP contribution in [0.25, 0.3) is 11.3 Å². The number of allylic oxidation sites excluding steroid dienone is 3. The quantitative estimate of drug-likeness (QED) is 0.598. The molecule has 0 radical (unpaired) electrons. The van der Waals surface area contributed by atoms with Crippen molar-refractivity contribution in [3.05, 3.63) is 53.4 Å². The Hall–Kier alpha value is -2.84. The number of aromatic nitrogens is 1. The summed E-state index contributed by atoms with van der Waals surface area (Å²) in [5.74, 6) is 3.20. The molecule has 5 heteroatoms. The van der Waals surface area contributed by atoms with Crippen molar-refractivity contribution in [1.82, 2.24) is 4.98 Å². The lowest BCUT2D eigenvalue weighted by atomic mass is 9.94. The third-order valence-corrected chi connectivity index (χ3v) is 5.27. The van der Waals surface area contributed by atoms with E-state index in [4.69, 9.17) is 11.2 Å². The van der Waals surface area contributed by atoms with Crippen LogP contribution in [0.5, 0.6) is 5.75 Å². The van der Waals surface area contributed by atoms with E-state index in [-0.39, 0.29) is 5.91 Å². The summed E-state index contributed by atoms with van der Waals surface area (Å²) in [6, 6.07) is 7.69. The molecule has 4 nitrogen and oxygen atoms in total. The molecular weight excluding hydrogens is 344 g/mol. The predicted molar refractivity (Wildman–Crippen MR) is 106 cm³/mol. The van der Waals surface area contributed by atoms with Crippen molar-refractivity contribution in [2.75, 3.05) is 12.4 Å². The molecule has 132 valence electrons. The number of benzene rings is 1. The number of nitrogens with one attached hydrogen (secondary N) is 1. The molecule has 26 heavy (non-hydrogen) atoms. The highest BCUT2D eigenvalue weighted by molar-refractivity contribution is 7.14. The highest BCUT2D eigenvalue weighted by atomic mass is 32.1. The summed E-state index contributed by atoms with van der Waals surface area (Å²) in [6.07, 6.45) is 12.3. The molecule has 0 spiro atoms. The molecule has 3 rings (SSSR count). The molecule has 1 amide bonds. The number of rotatable bonds is 6. The number of amides is 1. The topological polar surface area (TPSA) is 51.2 Å². The molecule has 0 bridgehead atoms. The lowest BCUT2D eigenvalue weighted by Crippen LogP contribution is -2.25. The maximum atomic E-state index is 12.8. The molecule has 1 saturated carbocycles. The van der Waals surface area contributed by atoms with Crippen LogP contribution in [0, 0.1) is 17.8 Å². The van der Waals surface area contributed by atoms with Crippen molar-refractivity contribution >= 4 is 22.4 Å². The number of hydrogen-bond acceptors (Lipinski definition) is 4. The van der Waals surface area contributed by atoms with Crippen LogP contribution in [-0.4, -0.2) is 18.0 Å². The zero-order chi connectivity index (χ0) is 18.6. The summed E-state index contributed by atoms with van der Waals surface area (Å²) in [4.78, 5) is 17.4. The van der Waals surface area contributed by atoms with Gasteiger partial charge >= 0.3 is 0 Å². The molecule has 1 aliphatic carbocycles. The van der Waals surface area contributed by atoms with E-state index in [0.717, 1.165) is 35.4 Å². The molecule has 2 aromatic rings.